The molecule has 0 saturated carbocycles. The molecule has 3 N–H and O–H groups in total. The maximum atomic E-state index is 11.9. The van der Waals surface area contributed by atoms with Gasteiger partial charge in [0.05, 0.1) is 5.92 Å². The van der Waals surface area contributed by atoms with Gasteiger partial charge >= 0.3 is 12.0 Å². The number of carboxylic acid groups (broad SMARTS) is 1. The zero-order valence-electron chi connectivity index (χ0n) is 12.2. The minimum absolute atomic E-state index is 0.116. The molecule has 1 aromatic rings. The lowest BCUT2D eigenvalue weighted by Crippen LogP contribution is -2.36. The van der Waals surface area contributed by atoms with Gasteiger partial charge in [-0.2, -0.15) is 0 Å². The van der Waals surface area contributed by atoms with Gasteiger partial charge in [-0.15, -0.1) is 0 Å². The molecule has 0 aliphatic heterocycles. The highest BCUT2D eigenvalue weighted by Crippen LogP contribution is 2.14. The molecule has 1 aromatic carbocycles. The summed E-state index contributed by atoms with van der Waals surface area (Å²) in [7, 11) is 1.53. The molecule has 1 rings (SSSR count). The molecule has 0 saturated heterocycles. The van der Waals surface area contributed by atoms with E-state index in [0.29, 0.717) is 11.4 Å². The average Bonchev–Trinajstić information content (AvgIpc) is 2.40. The molecular formula is C14H19N3O4. The molecule has 7 nitrogen and oxygen atoms in total. The molecule has 114 valence electrons. The summed E-state index contributed by atoms with van der Waals surface area (Å²) in [6.07, 6.45) is 0. The van der Waals surface area contributed by atoms with Crippen LogP contribution in [0.2, 0.25) is 0 Å². The third kappa shape index (κ3) is 5.52. The Morgan fingerprint density at radius 1 is 1.14 bits per heavy atom. The van der Waals surface area contributed by atoms with Gasteiger partial charge in [0.15, 0.2) is 0 Å². The van der Waals surface area contributed by atoms with E-state index in [-0.39, 0.29) is 12.5 Å². The van der Waals surface area contributed by atoms with E-state index in [9.17, 15) is 14.4 Å². The number of hydrogen-bond donors (Lipinski definition) is 3. The normalized spacial score (nSPS) is 11.4. The number of rotatable bonds is 5. The smallest absolute Gasteiger partial charge is 0.321 e. The van der Waals surface area contributed by atoms with Crippen molar-refractivity contribution in [3.63, 3.8) is 0 Å². The minimum Gasteiger partial charge on any atom is -0.481 e. The standard InChI is InChI=1S/C14H19N3O4/c1-9(13(19)20)8-17(3)14(21)16-12-6-4-11(5-7-12)15-10(2)18/h4-7,9H,8H2,1-3H3,(H,15,18)(H,16,21)(H,19,20). The van der Waals surface area contributed by atoms with Gasteiger partial charge < -0.3 is 20.6 Å². The number of anilines is 2. The van der Waals surface area contributed by atoms with Gasteiger partial charge in [-0.05, 0) is 24.3 Å². The number of nitrogens with one attached hydrogen (secondary N) is 2. The number of aliphatic carboxylic acids is 1. The molecule has 0 aliphatic rings. The number of hydrogen-bond acceptors (Lipinski definition) is 3. The van der Waals surface area contributed by atoms with Crippen molar-refractivity contribution in [3.05, 3.63) is 24.3 Å². The van der Waals surface area contributed by atoms with Crippen LogP contribution in [0.1, 0.15) is 13.8 Å². The SMILES string of the molecule is CC(=O)Nc1ccc(NC(=O)N(C)CC(C)C(=O)O)cc1. The highest BCUT2D eigenvalue weighted by Gasteiger charge is 2.17. The lowest BCUT2D eigenvalue weighted by Gasteiger charge is -2.20. The summed E-state index contributed by atoms with van der Waals surface area (Å²) < 4.78 is 0. The second kappa shape index (κ2) is 7.28. The second-order valence-corrected chi connectivity index (χ2v) is 4.81. The Labute approximate surface area is 122 Å². The van der Waals surface area contributed by atoms with Crippen LogP contribution in [0.15, 0.2) is 24.3 Å². The van der Waals surface area contributed by atoms with Crippen LogP contribution >= 0.6 is 0 Å². The lowest BCUT2D eigenvalue weighted by atomic mass is 10.2. The van der Waals surface area contributed by atoms with Gasteiger partial charge in [0.1, 0.15) is 0 Å². The van der Waals surface area contributed by atoms with E-state index in [1.807, 2.05) is 0 Å². The van der Waals surface area contributed by atoms with E-state index in [0.717, 1.165) is 0 Å². The van der Waals surface area contributed by atoms with Gasteiger partial charge in [0.2, 0.25) is 5.91 Å². The summed E-state index contributed by atoms with van der Waals surface area (Å²) in [6, 6.07) is 6.23. The number of carbonyl (C=O) groups is 3. The molecule has 1 unspecified atom stereocenters. The number of nitrogens with zero attached hydrogens (tertiary/aromatic N) is 1. The predicted molar refractivity (Wildman–Crippen MR) is 79.2 cm³/mol. The maximum absolute atomic E-state index is 11.9. The van der Waals surface area contributed by atoms with Gasteiger partial charge in [-0.3, -0.25) is 9.59 Å². The Hall–Kier alpha value is -2.57. The fraction of sp³-hybridized carbons (Fsp3) is 0.357. The molecule has 3 amide bonds. The van der Waals surface area contributed by atoms with Gasteiger partial charge in [0.25, 0.3) is 0 Å². The number of benzene rings is 1. The van der Waals surface area contributed by atoms with Crippen molar-refractivity contribution >= 4 is 29.3 Å². The molecule has 0 bridgehead atoms. The van der Waals surface area contributed by atoms with Crippen LogP contribution in [0, 0.1) is 5.92 Å². The van der Waals surface area contributed by atoms with Gasteiger partial charge in [0, 0.05) is 31.9 Å². The Kier molecular flexibility index (Phi) is 5.71. The molecule has 0 radical (unpaired) electrons. The molecule has 0 spiro atoms. The van der Waals surface area contributed by atoms with E-state index < -0.39 is 17.9 Å². The van der Waals surface area contributed by atoms with Crippen molar-refractivity contribution in [2.45, 2.75) is 13.8 Å². The van der Waals surface area contributed by atoms with Crippen molar-refractivity contribution < 1.29 is 19.5 Å². The van der Waals surface area contributed by atoms with Crippen LogP contribution < -0.4 is 10.6 Å². The zero-order chi connectivity index (χ0) is 16.0. The fourth-order valence-electron chi connectivity index (χ4n) is 1.63. The highest BCUT2D eigenvalue weighted by molar-refractivity contribution is 5.91. The largest absolute Gasteiger partial charge is 0.481 e. The van der Waals surface area contributed by atoms with E-state index in [1.165, 1.54) is 25.8 Å². The molecule has 0 heterocycles. The Morgan fingerprint density at radius 2 is 1.62 bits per heavy atom. The van der Waals surface area contributed by atoms with E-state index in [4.69, 9.17) is 5.11 Å². The monoisotopic (exact) mass is 293 g/mol. The van der Waals surface area contributed by atoms with Crippen molar-refractivity contribution in [1.29, 1.82) is 0 Å². The van der Waals surface area contributed by atoms with Crippen molar-refractivity contribution in [3.8, 4) is 0 Å². The maximum Gasteiger partial charge on any atom is 0.321 e. The van der Waals surface area contributed by atoms with Crippen LogP contribution in [-0.2, 0) is 9.59 Å². The zero-order valence-corrected chi connectivity index (χ0v) is 12.2. The number of carbonyl (C=O) groups excluding carboxylic acids is 2. The van der Waals surface area contributed by atoms with Crippen molar-refractivity contribution in [2.75, 3.05) is 24.2 Å². The first kappa shape index (κ1) is 16.5. The summed E-state index contributed by atoms with van der Waals surface area (Å²) in [4.78, 5) is 34.8. The molecule has 0 fully saturated rings. The van der Waals surface area contributed by atoms with Crippen LogP contribution in [-0.4, -0.2) is 41.5 Å². The van der Waals surface area contributed by atoms with Gasteiger partial charge in [-0.1, -0.05) is 6.92 Å². The Morgan fingerprint density at radius 3 is 2.05 bits per heavy atom. The van der Waals surface area contributed by atoms with Crippen LogP contribution in [0.25, 0.3) is 0 Å². The first-order valence-corrected chi connectivity index (χ1v) is 6.42. The summed E-state index contributed by atoms with van der Waals surface area (Å²) in [5.41, 5.74) is 1.19. The number of carboxylic acids is 1. The number of amides is 3. The molecular weight excluding hydrogens is 274 g/mol. The molecule has 21 heavy (non-hydrogen) atoms. The predicted octanol–water partition coefficient (Wildman–Crippen LogP) is 1.83. The Bertz CT molecular complexity index is 528. The molecule has 0 aliphatic carbocycles. The fourth-order valence-corrected chi connectivity index (χ4v) is 1.63. The third-order valence-electron chi connectivity index (χ3n) is 2.77. The van der Waals surface area contributed by atoms with Crippen molar-refractivity contribution in [1.82, 2.24) is 4.90 Å². The number of urea groups is 1. The second-order valence-electron chi connectivity index (χ2n) is 4.81. The van der Waals surface area contributed by atoms with Crippen LogP contribution in [0.4, 0.5) is 16.2 Å². The average molecular weight is 293 g/mol. The van der Waals surface area contributed by atoms with Crippen LogP contribution in [0.3, 0.4) is 0 Å². The van der Waals surface area contributed by atoms with E-state index >= 15 is 0 Å². The van der Waals surface area contributed by atoms with Crippen molar-refractivity contribution in [2.24, 2.45) is 5.92 Å². The molecule has 1 atom stereocenters. The third-order valence-corrected chi connectivity index (χ3v) is 2.77. The quantitative estimate of drug-likeness (QED) is 0.771. The Balaban J connectivity index is 2.58. The summed E-state index contributed by atoms with van der Waals surface area (Å²) in [6.45, 7) is 3.06. The highest BCUT2D eigenvalue weighted by atomic mass is 16.4. The molecule has 7 heteroatoms. The first-order valence-electron chi connectivity index (χ1n) is 6.42. The summed E-state index contributed by atoms with van der Waals surface area (Å²) in [5, 5.41) is 14.1. The molecule has 0 aromatic heterocycles. The van der Waals surface area contributed by atoms with Crippen LogP contribution in [0.5, 0.6) is 0 Å². The minimum atomic E-state index is -0.950. The van der Waals surface area contributed by atoms with E-state index in [1.54, 1.807) is 24.3 Å². The lowest BCUT2D eigenvalue weighted by molar-refractivity contribution is -0.141. The van der Waals surface area contributed by atoms with E-state index in [2.05, 4.69) is 10.6 Å². The first-order chi connectivity index (χ1) is 9.79. The summed E-state index contributed by atoms with van der Waals surface area (Å²) >= 11 is 0. The topological polar surface area (TPSA) is 98.7 Å². The summed E-state index contributed by atoms with van der Waals surface area (Å²) in [5.74, 6) is -1.76. The van der Waals surface area contributed by atoms with Gasteiger partial charge in [-0.25, -0.2) is 4.79 Å².